The van der Waals surface area contributed by atoms with E-state index in [1.807, 2.05) is 48.8 Å². The Labute approximate surface area is 166 Å². The lowest BCUT2D eigenvalue weighted by molar-refractivity contribution is 0.0915. The Hall–Kier alpha value is -2.62. The first-order valence-electron chi connectivity index (χ1n) is 10.5. The summed E-state index contributed by atoms with van der Waals surface area (Å²) in [4.78, 5) is 17.1. The van der Waals surface area contributed by atoms with Crippen LogP contribution in [0.5, 0.6) is 0 Å². The molecule has 4 nitrogen and oxygen atoms in total. The minimum absolute atomic E-state index is 0.0508. The minimum atomic E-state index is 0.0508. The highest BCUT2D eigenvalue weighted by Crippen LogP contribution is 2.49. The lowest BCUT2D eigenvalue weighted by Gasteiger charge is -2.28. The van der Waals surface area contributed by atoms with E-state index in [9.17, 15) is 4.79 Å². The fraction of sp³-hybridized carbons (Fsp3) is 0.417. The van der Waals surface area contributed by atoms with Crippen LogP contribution in [0, 0.1) is 17.8 Å². The van der Waals surface area contributed by atoms with E-state index in [-0.39, 0.29) is 11.9 Å². The first-order chi connectivity index (χ1) is 13.7. The molecule has 1 aromatic heterocycles. The number of imidazole rings is 1. The summed E-state index contributed by atoms with van der Waals surface area (Å²) >= 11 is 0. The van der Waals surface area contributed by atoms with Crippen molar-refractivity contribution < 1.29 is 4.79 Å². The summed E-state index contributed by atoms with van der Waals surface area (Å²) in [7, 11) is 0. The number of hydrogen-bond donors (Lipinski definition) is 1. The molecule has 3 aromatic rings. The maximum atomic E-state index is 12.7. The number of benzene rings is 2. The van der Waals surface area contributed by atoms with Crippen molar-refractivity contribution in [2.45, 2.75) is 45.2 Å². The summed E-state index contributed by atoms with van der Waals surface area (Å²) in [6.45, 7) is 2.94. The smallest absolute Gasteiger partial charge is 0.251 e. The second-order valence-corrected chi connectivity index (χ2v) is 8.66. The molecule has 2 fully saturated rings. The topological polar surface area (TPSA) is 46.9 Å². The molecule has 2 aliphatic rings. The van der Waals surface area contributed by atoms with Gasteiger partial charge in [0.15, 0.2) is 0 Å². The molecule has 2 saturated carbocycles. The number of fused-ring (bicyclic) bond motifs is 3. The van der Waals surface area contributed by atoms with E-state index >= 15 is 0 Å². The van der Waals surface area contributed by atoms with Gasteiger partial charge in [-0.25, -0.2) is 4.98 Å². The molecule has 0 spiro atoms. The monoisotopic (exact) mass is 373 g/mol. The molecule has 0 unspecified atom stereocenters. The molecule has 0 radical (unpaired) electrons. The van der Waals surface area contributed by atoms with Gasteiger partial charge in [0, 0.05) is 18.2 Å². The lowest BCUT2D eigenvalue weighted by atomic mass is 9.84. The third-order valence-corrected chi connectivity index (χ3v) is 6.89. The molecule has 2 bridgehead atoms. The number of nitrogens with zero attached hydrogens (tertiary/aromatic N) is 2. The van der Waals surface area contributed by atoms with Gasteiger partial charge in [-0.15, -0.1) is 0 Å². The van der Waals surface area contributed by atoms with Crippen LogP contribution < -0.4 is 5.32 Å². The molecular formula is C24H27N3O. The number of para-hydroxylation sites is 2. The number of aromatic nitrogens is 2. The second-order valence-electron chi connectivity index (χ2n) is 8.66. The summed E-state index contributed by atoms with van der Waals surface area (Å²) in [5, 5.41) is 3.26. The number of rotatable bonds is 5. The molecule has 1 N–H and O–H groups in total. The second kappa shape index (κ2) is 7.08. The van der Waals surface area contributed by atoms with Crippen LogP contribution in [0.2, 0.25) is 0 Å². The Morgan fingerprint density at radius 2 is 1.96 bits per heavy atom. The molecule has 5 rings (SSSR count). The third-order valence-electron chi connectivity index (χ3n) is 6.89. The van der Waals surface area contributed by atoms with Crippen LogP contribution in [0.1, 0.15) is 48.5 Å². The van der Waals surface area contributed by atoms with Gasteiger partial charge in [-0.1, -0.05) is 30.7 Å². The molecule has 144 valence electrons. The zero-order chi connectivity index (χ0) is 19.1. The van der Waals surface area contributed by atoms with Crippen molar-refractivity contribution in [2.24, 2.45) is 17.8 Å². The van der Waals surface area contributed by atoms with Crippen molar-refractivity contribution in [3.05, 3.63) is 66.0 Å². The molecule has 4 atom stereocenters. The Morgan fingerprint density at radius 3 is 2.71 bits per heavy atom. The minimum Gasteiger partial charge on any atom is -0.349 e. The maximum Gasteiger partial charge on any atom is 0.251 e. The Balaban J connectivity index is 1.24. The summed E-state index contributed by atoms with van der Waals surface area (Å²) in [5.41, 5.74) is 4.05. The molecular weight excluding hydrogens is 346 g/mol. The number of nitrogens with one attached hydrogen (secondary N) is 1. The van der Waals surface area contributed by atoms with Crippen LogP contribution in [0.15, 0.2) is 54.9 Å². The average Bonchev–Trinajstić information content (AvgIpc) is 3.45. The highest BCUT2D eigenvalue weighted by atomic mass is 16.1. The van der Waals surface area contributed by atoms with Crippen molar-refractivity contribution >= 4 is 16.9 Å². The first-order valence-corrected chi connectivity index (χ1v) is 10.5. The number of hydrogen-bond acceptors (Lipinski definition) is 2. The zero-order valence-corrected chi connectivity index (χ0v) is 16.3. The summed E-state index contributed by atoms with van der Waals surface area (Å²) in [6.07, 6.45) is 7.30. The van der Waals surface area contributed by atoms with Crippen LogP contribution in [-0.2, 0) is 6.54 Å². The molecule has 0 saturated heterocycles. The predicted octanol–water partition coefficient (Wildman–Crippen LogP) is 4.64. The van der Waals surface area contributed by atoms with E-state index in [1.54, 1.807) is 0 Å². The highest BCUT2D eigenvalue weighted by Gasteiger charge is 2.42. The van der Waals surface area contributed by atoms with Gasteiger partial charge in [0.2, 0.25) is 0 Å². The van der Waals surface area contributed by atoms with Crippen molar-refractivity contribution in [1.29, 1.82) is 0 Å². The molecule has 2 aromatic carbocycles. The largest absolute Gasteiger partial charge is 0.349 e. The van der Waals surface area contributed by atoms with Gasteiger partial charge in [0.1, 0.15) is 0 Å². The normalized spacial score (nSPS) is 24.5. The Morgan fingerprint density at radius 1 is 1.14 bits per heavy atom. The van der Waals surface area contributed by atoms with Crippen LogP contribution >= 0.6 is 0 Å². The van der Waals surface area contributed by atoms with E-state index < -0.39 is 0 Å². The highest BCUT2D eigenvalue weighted by molar-refractivity contribution is 5.94. The van der Waals surface area contributed by atoms with Crippen LogP contribution in [0.25, 0.3) is 11.0 Å². The van der Waals surface area contributed by atoms with Crippen LogP contribution in [0.3, 0.4) is 0 Å². The Bertz CT molecular complexity index is 991. The Kier molecular flexibility index (Phi) is 4.42. The SMILES string of the molecule is C[C@@H](NC(=O)c1ccc(Cn2cnc3ccccc32)cc1)[C@H]1C[C@H]2CC[C@H]1C2. The quantitative estimate of drug-likeness (QED) is 0.708. The van der Waals surface area contributed by atoms with E-state index in [2.05, 4.69) is 27.9 Å². The fourth-order valence-corrected chi connectivity index (χ4v) is 5.40. The van der Waals surface area contributed by atoms with Gasteiger partial charge in [0.25, 0.3) is 5.91 Å². The van der Waals surface area contributed by atoms with Gasteiger partial charge in [-0.3, -0.25) is 4.79 Å². The van der Waals surface area contributed by atoms with Gasteiger partial charge in [-0.2, -0.15) is 0 Å². The zero-order valence-electron chi connectivity index (χ0n) is 16.3. The summed E-state index contributed by atoms with van der Waals surface area (Å²) in [6, 6.07) is 16.4. The molecule has 28 heavy (non-hydrogen) atoms. The van der Waals surface area contributed by atoms with Gasteiger partial charge in [-0.05, 0) is 73.8 Å². The standard InChI is InChI=1S/C24H27N3O/c1-16(21-13-18-8-11-20(21)12-18)26-24(28)19-9-6-17(7-10-19)14-27-15-25-22-4-2-3-5-23(22)27/h2-7,9-10,15-16,18,20-21H,8,11-14H2,1H3,(H,26,28)/t16-,18+,20+,21-/m1/s1. The summed E-state index contributed by atoms with van der Waals surface area (Å²) in [5.74, 6) is 2.45. The molecule has 0 aliphatic heterocycles. The van der Waals surface area contributed by atoms with Crippen molar-refractivity contribution in [3.63, 3.8) is 0 Å². The fourth-order valence-electron chi connectivity index (χ4n) is 5.40. The molecule has 1 amide bonds. The van der Waals surface area contributed by atoms with Gasteiger partial charge in [0.05, 0.1) is 17.4 Å². The number of amides is 1. The molecule has 4 heteroatoms. The molecule has 2 aliphatic carbocycles. The maximum absolute atomic E-state index is 12.7. The first kappa shape index (κ1) is 17.5. The van der Waals surface area contributed by atoms with E-state index in [0.29, 0.717) is 5.92 Å². The molecule has 1 heterocycles. The van der Waals surface area contributed by atoms with E-state index in [4.69, 9.17) is 0 Å². The van der Waals surface area contributed by atoms with Crippen LogP contribution in [0.4, 0.5) is 0 Å². The average molecular weight is 374 g/mol. The predicted molar refractivity (Wildman–Crippen MR) is 111 cm³/mol. The van der Waals surface area contributed by atoms with E-state index in [0.717, 1.165) is 35.0 Å². The van der Waals surface area contributed by atoms with Gasteiger partial charge >= 0.3 is 0 Å². The van der Waals surface area contributed by atoms with Crippen molar-refractivity contribution in [1.82, 2.24) is 14.9 Å². The van der Waals surface area contributed by atoms with E-state index in [1.165, 1.54) is 31.2 Å². The summed E-state index contributed by atoms with van der Waals surface area (Å²) < 4.78 is 2.14. The lowest BCUT2D eigenvalue weighted by Crippen LogP contribution is -2.40. The van der Waals surface area contributed by atoms with Crippen molar-refractivity contribution in [2.75, 3.05) is 0 Å². The number of carbonyl (C=O) groups is 1. The van der Waals surface area contributed by atoms with Gasteiger partial charge < -0.3 is 9.88 Å². The third kappa shape index (κ3) is 3.21. The van der Waals surface area contributed by atoms with Crippen molar-refractivity contribution in [3.8, 4) is 0 Å². The number of carbonyl (C=O) groups excluding carboxylic acids is 1. The van der Waals surface area contributed by atoms with Crippen LogP contribution in [-0.4, -0.2) is 21.5 Å².